The summed E-state index contributed by atoms with van der Waals surface area (Å²) in [7, 11) is 0. The molecule has 0 aliphatic carbocycles. The zero-order valence-corrected chi connectivity index (χ0v) is 11.5. The highest BCUT2D eigenvalue weighted by molar-refractivity contribution is 5.96. The first-order chi connectivity index (χ1) is 9.72. The van der Waals surface area contributed by atoms with Gasteiger partial charge in [0.1, 0.15) is 5.58 Å². The van der Waals surface area contributed by atoms with Crippen LogP contribution in [-0.2, 0) is 0 Å². The first-order valence-corrected chi connectivity index (χ1v) is 7.22. The van der Waals surface area contributed by atoms with Gasteiger partial charge in [-0.2, -0.15) is 0 Å². The molecular weight excluding hydrogens is 252 g/mol. The molecule has 2 N–H and O–H groups in total. The van der Waals surface area contributed by atoms with E-state index in [0.29, 0.717) is 5.56 Å². The Labute approximate surface area is 118 Å². The monoisotopic (exact) mass is 272 g/mol. The van der Waals surface area contributed by atoms with Crippen LogP contribution >= 0.6 is 0 Å². The molecule has 3 saturated heterocycles. The summed E-state index contributed by atoms with van der Waals surface area (Å²) in [4.78, 5) is 13.3. The van der Waals surface area contributed by atoms with Crippen molar-refractivity contribution in [1.82, 2.24) is 4.90 Å². The van der Waals surface area contributed by atoms with Gasteiger partial charge in [-0.25, -0.2) is 0 Å². The van der Waals surface area contributed by atoms with Gasteiger partial charge in [0.2, 0.25) is 5.91 Å². The van der Waals surface area contributed by atoms with Crippen LogP contribution in [0.3, 0.4) is 0 Å². The third kappa shape index (κ3) is 2.85. The molecule has 1 aromatic carbocycles. The van der Waals surface area contributed by atoms with E-state index in [1.165, 1.54) is 38.9 Å². The zero-order chi connectivity index (χ0) is 13.9. The summed E-state index contributed by atoms with van der Waals surface area (Å²) in [6, 6.07) is 6.88. The van der Waals surface area contributed by atoms with E-state index in [0.717, 1.165) is 16.9 Å². The molecule has 3 fully saturated rings. The minimum atomic E-state index is -0.418. The molecule has 0 atom stereocenters. The molecule has 106 valence electrons. The van der Waals surface area contributed by atoms with Crippen molar-refractivity contribution in [3.05, 3.63) is 36.1 Å². The number of nitrogens with zero attached hydrogens (tertiary/aromatic N) is 1. The first-order valence-electron chi connectivity index (χ1n) is 7.22. The fourth-order valence-corrected chi connectivity index (χ4v) is 2.98. The van der Waals surface area contributed by atoms with Gasteiger partial charge in [-0.3, -0.25) is 4.79 Å². The standard InChI is InChI=1S/C9H7NO2.C7H13N/c10-9(11)7-1-2-8-6(5-7)3-4-12-8;1-4-8-5-2-7(1)3-6-8/h1-5H,(H2,10,11);7H,1-6H2. The van der Waals surface area contributed by atoms with E-state index < -0.39 is 5.91 Å². The summed E-state index contributed by atoms with van der Waals surface area (Å²) in [6.07, 6.45) is 6.04. The maximum absolute atomic E-state index is 10.8. The Bertz CT molecular complexity index is 574. The summed E-state index contributed by atoms with van der Waals surface area (Å²) in [5.74, 6) is 0.693. The van der Waals surface area contributed by atoms with Gasteiger partial charge in [0, 0.05) is 10.9 Å². The summed E-state index contributed by atoms with van der Waals surface area (Å²) >= 11 is 0. The molecule has 1 aromatic heterocycles. The molecule has 0 spiro atoms. The van der Waals surface area contributed by atoms with Crippen molar-refractivity contribution in [1.29, 1.82) is 0 Å². The highest BCUT2D eigenvalue weighted by Crippen LogP contribution is 2.26. The van der Waals surface area contributed by atoms with Crippen molar-refractivity contribution in [3.8, 4) is 0 Å². The van der Waals surface area contributed by atoms with E-state index in [9.17, 15) is 4.79 Å². The molecule has 20 heavy (non-hydrogen) atoms. The third-order valence-electron chi connectivity index (χ3n) is 4.30. The van der Waals surface area contributed by atoms with Crippen molar-refractivity contribution in [2.24, 2.45) is 11.7 Å². The zero-order valence-electron chi connectivity index (χ0n) is 11.5. The van der Waals surface area contributed by atoms with Gasteiger partial charge in [-0.15, -0.1) is 0 Å². The number of fused-ring (bicyclic) bond motifs is 4. The minimum absolute atomic E-state index is 0.418. The van der Waals surface area contributed by atoms with Crippen LogP contribution in [-0.4, -0.2) is 30.4 Å². The van der Waals surface area contributed by atoms with Crippen LogP contribution in [0.5, 0.6) is 0 Å². The Balaban J connectivity index is 0.000000131. The highest BCUT2D eigenvalue weighted by atomic mass is 16.3. The van der Waals surface area contributed by atoms with Gasteiger partial charge in [0.25, 0.3) is 0 Å². The molecule has 3 aliphatic rings. The fraction of sp³-hybridized carbons (Fsp3) is 0.438. The predicted molar refractivity (Wildman–Crippen MR) is 78.5 cm³/mol. The Hall–Kier alpha value is -1.81. The molecule has 2 aromatic rings. The number of hydrogen-bond acceptors (Lipinski definition) is 3. The third-order valence-corrected chi connectivity index (χ3v) is 4.30. The molecule has 5 rings (SSSR count). The van der Waals surface area contributed by atoms with E-state index in [1.807, 2.05) is 0 Å². The molecular formula is C16H20N2O2. The Morgan fingerprint density at radius 3 is 2.35 bits per heavy atom. The number of rotatable bonds is 1. The normalized spacial score (nSPS) is 24.2. The van der Waals surface area contributed by atoms with Crippen molar-refractivity contribution in [2.45, 2.75) is 19.3 Å². The maximum atomic E-state index is 10.8. The molecule has 0 radical (unpaired) electrons. The second kappa shape index (κ2) is 5.67. The quantitative estimate of drug-likeness (QED) is 0.868. The largest absolute Gasteiger partial charge is 0.464 e. The molecule has 2 bridgehead atoms. The van der Waals surface area contributed by atoms with Gasteiger partial charge < -0.3 is 15.1 Å². The van der Waals surface area contributed by atoms with Crippen LogP contribution in [0.1, 0.15) is 29.6 Å². The van der Waals surface area contributed by atoms with E-state index in [1.54, 1.807) is 30.5 Å². The molecule has 3 aliphatic heterocycles. The smallest absolute Gasteiger partial charge is 0.248 e. The van der Waals surface area contributed by atoms with E-state index in [2.05, 4.69) is 4.90 Å². The van der Waals surface area contributed by atoms with Crippen molar-refractivity contribution in [2.75, 3.05) is 19.6 Å². The fourth-order valence-electron chi connectivity index (χ4n) is 2.98. The predicted octanol–water partition coefficient (Wildman–Crippen LogP) is 2.63. The topological polar surface area (TPSA) is 59.5 Å². The van der Waals surface area contributed by atoms with Gasteiger partial charge in [-0.05, 0) is 69.1 Å². The van der Waals surface area contributed by atoms with Crippen LogP contribution in [0.4, 0.5) is 0 Å². The summed E-state index contributed by atoms with van der Waals surface area (Å²) in [5, 5.41) is 0.895. The minimum Gasteiger partial charge on any atom is -0.464 e. The number of hydrogen-bond donors (Lipinski definition) is 1. The number of carbonyl (C=O) groups excluding carboxylic acids is 1. The Kier molecular flexibility index (Phi) is 3.74. The molecule has 4 nitrogen and oxygen atoms in total. The lowest BCUT2D eigenvalue weighted by Gasteiger charge is -2.38. The lowest BCUT2D eigenvalue weighted by atomic mass is 9.89. The molecule has 4 heteroatoms. The summed E-state index contributed by atoms with van der Waals surface area (Å²) < 4.78 is 5.10. The van der Waals surface area contributed by atoms with Crippen LogP contribution in [0, 0.1) is 5.92 Å². The van der Waals surface area contributed by atoms with E-state index >= 15 is 0 Å². The highest BCUT2D eigenvalue weighted by Gasteiger charge is 2.24. The Morgan fingerprint density at radius 1 is 1.15 bits per heavy atom. The lowest BCUT2D eigenvalue weighted by molar-refractivity contribution is 0.100. The maximum Gasteiger partial charge on any atom is 0.248 e. The number of piperidine rings is 3. The van der Waals surface area contributed by atoms with Crippen LogP contribution in [0.2, 0.25) is 0 Å². The molecule has 0 unspecified atom stereocenters. The van der Waals surface area contributed by atoms with Crippen LogP contribution < -0.4 is 5.73 Å². The van der Waals surface area contributed by atoms with Crippen molar-refractivity contribution < 1.29 is 9.21 Å². The number of primary amides is 1. The molecule has 1 amide bonds. The van der Waals surface area contributed by atoms with Gasteiger partial charge in [0.15, 0.2) is 0 Å². The number of amides is 1. The Morgan fingerprint density at radius 2 is 1.85 bits per heavy atom. The molecule has 0 saturated carbocycles. The lowest BCUT2D eigenvalue weighted by Crippen LogP contribution is -2.41. The van der Waals surface area contributed by atoms with Gasteiger partial charge in [0.05, 0.1) is 6.26 Å². The average Bonchev–Trinajstić information content (AvgIpc) is 2.97. The number of furan rings is 1. The number of nitrogens with two attached hydrogens (primary N) is 1. The van der Waals surface area contributed by atoms with E-state index in [-0.39, 0.29) is 0 Å². The first kappa shape index (κ1) is 13.2. The second-order valence-electron chi connectivity index (χ2n) is 5.61. The van der Waals surface area contributed by atoms with Gasteiger partial charge >= 0.3 is 0 Å². The van der Waals surface area contributed by atoms with Gasteiger partial charge in [-0.1, -0.05) is 0 Å². The summed E-state index contributed by atoms with van der Waals surface area (Å²) in [5.41, 5.74) is 6.37. The number of carbonyl (C=O) groups is 1. The summed E-state index contributed by atoms with van der Waals surface area (Å²) in [6.45, 7) is 4.18. The van der Waals surface area contributed by atoms with E-state index in [4.69, 9.17) is 10.2 Å². The van der Waals surface area contributed by atoms with Crippen LogP contribution in [0.15, 0.2) is 34.9 Å². The number of benzene rings is 1. The average molecular weight is 272 g/mol. The molecule has 4 heterocycles. The van der Waals surface area contributed by atoms with Crippen molar-refractivity contribution >= 4 is 16.9 Å². The van der Waals surface area contributed by atoms with Crippen molar-refractivity contribution in [3.63, 3.8) is 0 Å². The van der Waals surface area contributed by atoms with Crippen LogP contribution in [0.25, 0.3) is 11.0 Å². The second-order valence-corrected chi connectivity index (χ2v) is 5.61. The SMILES string of the molecule is C1CN2CCC1CC2.NC(=O)c1ccc2occc2c1.